The number of carbonyl (C=O) groups is 3. The number of nitrogens with zero attached hydrogens (tertiary/aromatic N) is 3. The molecular weight excluding hydrogens is 742 g/mol. The summed E-state index contributed by atoms with van der Waals surface area (Å²) in [6, 6.07) is 12.6. The molecule has 1 aliphatic rings. The molecule has 0 saturated heterocycles. The molecule has 0 unspecified atom stereocenters. The van der Waals surface area contributed by atoms with Crippen molar-refractivity contribution in [1.29, 1.82) is 0 Å². The van der Waals surface area contributed by atoms with Crippen molar-refractivity contribution in [3.05, 3.63) is 109 Å². The maximum Gasteiger partial charge on any atom is 0.422 e. The van der Waals surface area contributed by atoms with Gasteiger partial charge in [-0.1, -0.05) is 17.7 Å². The zero-order valence-electron chi connectivity index (χ0n) is 25.5. The van der Waals surface area contributed by atoms with E-state index in [1.165, 1.54) is 58.9 Å². The predicted octanol–water partition coefficient (Wildman–Crippen LogP) is 5.15. The Morgan fingerprint density at radius 1 is 1.02 bits per heavy atom. The van der Waals surface area contributed by atoms with Crippen LogP contribution >= 0.6 is 27.5 Å². The number of alkyl halides is 3. The van der Waals surface area contributed by atoms with E-state index in [4.69, 9.17) is 26.8 Å². The van der Waals surface area contributed by atoms with E-state index in [9.17, 15) is 32.3 Å². The van der Waals surface area contributed by atoms with Crippen LogP contribution in [-0.2, 0) is 17.9 Å². The third-order valence-electron chi connectivity index (χ3n) is 7.51. The van der Waals surface area contributed by atoms with Crippen molar-refractivity contribution < 1.29 is 41.4 Å². The summed E-state index contributed by atoms with van der Waals surface area (Å²) in [6.45, 7) is -0.529. The molecule has 3 amide bonds. The standard InChI is InChI=1S/C32H27BrClF4N5O6/c1-17(22-8-7-21(13-25(22)35)48-15-27(39)44)40-29(45)28-26-14-41(30(46)18-2-9-23(33)24(34)12-18)10-11-42(26)31(47)43(28)19-3-5-20(6-4-19)49-16-32(36,37)38/h2-9,12-13,17H,10-11,14-16H2,1H3,(H2,39,44)(H,40,45)/t17-/m0/s1. The summed E-state index contributed by atoms with van der Waals surface area (Å²) in [4.78, 5) is 53.8. The Labute approximate surface area is 289 Å². The number of nitrogens with one attached hydrogen (secondary N) is 1. The van der Waals surface area contributed by atoms with Crippen molar-refractivity contribution in [2.45, 2.75) is 32.2 Å². The van der Waals surface area contributed by atoms with Crippen molar-refractivity contribution >= 4 is 45.3 Å². The minimum Gasteiger partial charge on any atom is -0.484 e. The van der Waals surface area contributed by atoms with Gasteiger partial charge in [0.2, 0.25) is 0 Å². The summed E-state index contributed by atoms with van der Waals surface area (Å²) < 4.78 is 66.0. The number of imidazole rings is 1. The summed E-state index contributed by atoms with van der Waals surface area (Å²) in [5, 5.41) is 3.00. The molecule has 5 rings (SSSR count). The van der Waals surface area contributed by atoms with E-state index >= 15 is 4.39 Å². The lowest BCUT2D eigenvalue weighted by Gasteiger charge is -2.28. The molecule has 0 bridgehead atoms. The molecule has 49 heavy (non-hydrogen) atoms. The number of aromatic nitrogens is 2. The first-order valence-corrected chi connectivity index (χ1v) is 15.7. The number of benzene rings is 3. The van der Waals surface area contributed by atoms with Crippen LogP contribution in [0, 0.1) is 5.82 Å². The summed E-state index contributed by atoms with van der Waals surface area (Å²) in [7, 11) is 0. The highest BCUT2D eigenvalue weighted by atomic mass is 79.9. The number of hydrogen-bond acceptors (Lipinski definition) is 6. The molecular formula is C32H27BrClF4N5O6. The Morgan fingerprint density at radius 2 is 1.71 bits per heavy atom. The van der Waals surface area contributed by atoms with Crippen LogP contribution in [0.3, 0.4) is 0 Å². The van der Waals surface area contributed by atoms with Crippen LogP contribution in [0.1, 0.15) is 45.1 Å². The Kier molecular flexibility index (Phi) is 10.4. The molecule has 3 N–H and O–H groups in total. The van der Waals surface area contributed by atoms with E-state index in [0.717, 1.165) is 10.6 Å². The highest BCUT2D eigenvalue weighted by Crippen LogP contribution is 2.28. The molecule has 1 atom stereocenters. The first-order chi connectivity index (χ1) is 23.1. The fourth-order valence-corrected chi connectivity index (χ4v) is 5.65. The van der Waals surface area contributed by atoms with Gasteiger partial charge in [0.15, 0.2) is 13.2 Å². The summed E-state index contributed by atoms with van der Waals surface area (Å²) >= 11 is 9.49. The van der Waals surface area contributed by atoms with Gasteiger partial charge in [0.05, 0.1) is 29.0 Å². The second-order valence-electron chi connectivity index (χ2n) is 11.0. The SMILES string of the molecule is C[C@H](NC(=O)c1c2n(c(=O)n1-c1ccc(OCC(F)(F)F)cc1)CCN(C(=O)c1ccc(Br)c(Cl)c1)C2)c1ccc(OCC(N)=O)cc1F. The molecule has 0 radical (unpaired) electrons. The smallest absolute Gasteiger partial charge is 0.422 e. The molecule has 4 aromatic rings. The lowest BCUT2D eigenvalue weighted by molar-refractivity contribution is -0.153. The topological polar surface area (TPSA) is 138 Å². The molecule has 1 aromatic heterocycles. The molecule has 0 fully saturated rings. The first kappa shape index (κ1) is 35.5. The van der Waals surface area contributed by atoms with Crippen LogP contribution in [-0.4, -0.2) is 57.7 Å². The second-order valence-corrected chi connectivity index (χ2v) is 12.2. The van der Waals surface area contributed by atoms with Crippen LogP contribution in [0.15, 0.2) is 69.9 Å². The number of rotatable bonds is 10. The number of nitrogens with two attached hydrogens (primary N) is 1. The molecule has 11 nitrogen and oxygen atoms in total. The van der Waals surface area contributed by atoms with Gasteiger partial charge in [-0.2, -0.15) is 13.2 Å². The predicted molar refractivity (Wildman–Crippen MR) is 172 cm³/mol. The van der Waals surface area contributed by atoms with Crippen molar-refractivity contribution in [2.24, 2.45) is 5.73 Å². The van der Waals surface area contributed by atoms with Crippen molar-refractivity contribution in [3.63, 3.8) is 0 Å². The van der Waals surface area contributed by atoms with E-state index in [2.05, 4.69) is 21.2 Å². The van der Waals surface area contributed by atoms with Gasteiger partial charge in [0, 0.05) is 34.8 Å². The molecule has 1 aliphatic heterocycles. The minimum absolute atomic E-state index is 0.0151. The van der Waals surface area contributed by atoms with Gasteiger partial charge in [-0.3, -0.25) is 23.5 Å². The normalized spacial score (nSPS) is 13.4. The van der Waals surface area contributed by atoms with Gasteiger partial charge in [-0.15, -0.1) is 0 Å². The number of amides is 3. The van der Waals surface area contributed by atoms with Crippen molar-refractivity contribution in [2.75, 3.05) is 19.8 Å². The number of ether oxygens (including phenoxy) is 2. The monoisotopic (exact) mass is 767 g/mol. The average molecular weight is 769 g/mol. The number of hydrogen-bond donors (Lipinski definition) is 2. The summed E-state index contributed by atoms with van der Waals surface area (Å²) in [5.74, 6) is -2.81. The first-order valence-electron chi connectivity index (χ1n) is 14.5. The summed E-state index contributed by atoms with van der Waals surface area (Å²) in [5.41, 5.74) is 4.88. The van der Waals surface area contributed by atoms with E-state index < -0.39 is 54.7 Å². The van der Waals surface area contributed by atoms with Gasteiger partial charge in [-0.25, -0.2) is 9.18 Å². The molecule has 0 aliphatic carbocycles. The molecule has 0 spiro atoms. The van der Waals surface area contributed by atoms with Gasteiger partial charge in [0.1, 0.15) is 23.0 Å². The van der Waals surface area contributed by atoms with E-state index in [1.807, 2.05) is 0 Å². The second kappa shape index (κ2) is 14.3. The van der Waals surface area contributed by atoms with Gasteiger partial charge >= 0.3 is 11.9 Å². The average Bonchev–Trinajstić information content (AvgIpc) is 3.35. The maximum atomic E-state index is 15.1. The van der Waals surface area contributed by atoms with Crippen molar-refractivity contribution in [3.8, 4) is 17.2 Å². The van der Waals surface area contributed by atoms with Gasteiger partial charge < -0.3 is 25.4 Å². The largest absolute Gasteiger partial charge is 0.484 e. The molecule has 258 valence electrons. The van der Waals surface area contributed by atoms with E-state index in [0.29, 0.717) is 9.50 Å². The number of primary amides is 1. The third-order valence-corrected chi connectivity index (χ3v) is 8.74. The summed E-state index contributed by atoms with van der Waals surface area (Å²) in [6.07, 6.45) is -4.57. The molecule has 3 aromatic carbocycles. The maximum absolute atomic E-state index is 15.1. The molecule has 17 heteroatoms. The van der Waals surface area contributed by atoms with Crippen LogP contribution in [0.25, 0.3) is 5.69 Å². The minimum atomic E-state index is -4.57. The van der Waals surface area contributed by atoms with E-state index in [-0.39, 0.29) is 59.3 Å². The highest BCUT2D eigenvalue weighted by molar-refractivity contribution is 9.10. The van der Waals surface area contributed by atoms with Crippen LogP contribution in [0.5, 0.6) is 11.5 Å². The molecule has 0 saturated carbocycles. The van der Waals surface area contributed by atoms with Crippen molar-refractivity contribution in [1.82, 2.24) is 19.4 Å². The third kappa shape index (κ3) is 8.08. The lowest BCUT2D eigenvalue weighted by atomic mass is 10.1. The lowest BCUT2D eigenvalue weighted by Crippen LogP contribution is -2.41. The Hall–Kier alpha value is -4.83. The van der Waals surface area contributed by atoms with Crippen LogP contribution in [0.2, 0.25) is 5.02 Å². The Morgan fingerprint density at radius 3 is 2.35 bits per heavy atom. The zero-order chi connectivity index (χ0) is 35.6. The van der Waals surface area contributed by atoms with E-state index in [1.54, 1.807) is 12.1 Å². The number of fused-ring (bicyclic) bond motifs is 1. The zero-order valence-corrected chi connectivity index (χ0v) is 27.9. The Balaban J connectivity index is 1.50. The van der Waals surface area contributed by atoms with Crippen LogP contribution < -0.4 is 26.2 Å². The quantitative estimate of drug-likeness (QED) is 0.214. The van der Waals surface area contributed by atoms with Gasteiger partial charge in [0.25, 0.3) is 17.7 Å². The number of carbonyl (C=O) groups excluding carboxylic acids is 3. The fraction of sp³-hybridized carbons (Fsp3) is 0.250. The van der Waals surface area contributed by atoms with Gasteiger partial charge in [-0.05, 0) is 71.4 Å². The van der Waals surface area contributed by atoms with Crippen LogP contribution in [0.4, 0.5) is 17.6 Å². The number of halogens is 6. The highest BCUT2D eigenvalue weighted by Gasteiger charge is 2.33. The molecule has 2 heterocycles. The Bertz CT molecular complexity index is 1980. The fourth-order valence-electron chi connectivity index (χ4n) is 5.22.